The number of aliphatic hydroxyl groups excluding tert-OH is 2. The molecule has 134 valence electrons. The number of ether oxygens (including phenoxy) is 1. The van der Waals surface area contributed by atoms with Crippen LogP contribution in [0.4, 0.5) is 4.79 Å². The van der Waals surface area contributed by atoms with Gasteiger partial charge >= 0.3 is 11.8 Å². The van der Waals surface area contributed by atoms with Crippen LogP contribution in [0.15, 0.2) is 21.9 Å². The van der Waals surface area contributed by atoms with Gasteiger partial charge in [-0.25, -0.2) is 9.59 Å². The van der Waals surface area contributed by atoms with Gasteiger partial charge in [0.2, 0.25) is 0 Å². The number of carbonyl (C=O) groups excluding carboxylic acids is 1. The molecule has 0 aromatic carbocycles. The van der Waals surface area contributed by atoms with E-state index in [9.17, 15) is 24.6 Å². The smallest absolute Gasteiger partial charge is 0.407 e. The lowest BCUT2D eigenvalue weighted by atomic mass is 9.86. The van der Waals surface area contributed by atoms with Gasteiger partial charge in [-0.1, -0.05) is 0 Å². The number of nitrogens with zero attached hydrogens (tertiary/aromatic N) is 1. The molecule has 9 heteroatoms. The van der Waals surface area contributed by atoms with Crippen LogP contribution < -0.4 is 16.6 Å². The first kappa shape index (κ1) is 18.2. The first-order valence-corrected chi connectivity index (χ1v) is 7.75. The predicted octanol–water partition coefficient (Wildman–Crippen LogP) is -0.513. The zero-order valence-electron chi connectivity index (χ0n) is 13.9. The zero-order valence-corrected chi connectivity index (χ0v) is 13.9. The van der Waals surface area contributed by atoms with Crippen molar-refractivity contribution < 1.29 is 19.7 Å². The minimum Gasteiger partial charge on any atom is -0.444 e. The number of aromatic amines is 1. The molecule has 1 heterocycles. The molecule has 0 bridgehead atoms. The van der Waals surface area contributed by atoms with Crippen molar-refractivity contribution in [3.63, 3.8) is 0 Å². The lowest BCUT2D eigenvalue weighted by molar-refractivity contribution is -0.0598. The van der Waals surface area contributed by atoms with E-state index in [1.54, 1.807) is 20.8 Å². The van der Waals surface area contributed by atoms with E-state index >= 15 is 0 Å². The summed E-state index contributed by atoms with van der Waals surface area (Å²) in [7, 11) is 0. The number of carbonyl (C=O) groups is 1. The fourth-order valence-corrected chi connectivity index (χ4v) is 2.77. The molecular weight excluding hydrogens is 318 g/mol. The van der Waals surface area contributed by atoms with Gasteiger partial charge in [-0.3, -0.25) is 14.3 Å². The lowest BCUT2D eigenvalue weighted by Crippen LogP contribution is -2.56. The van der Waals surface area contributed by atoms with Crippen molar-refractivity contribution in [1.82, 2.24) is 14.9 Å². The highest BCUT2D eigenvalue weighted by Crippen LogP contribution is 2.28. The van der Waals surface area contributed by atoms with Gasteiger partial charge in [-0.2, -0.15) is 0 Å². The van der Waals surface area contributed by atoms with Crippen LogP contribution in [0, 0.1) is 0 Å². The normalized spacial score (nSPS) is 27.5. The second-order valence-electron chi connectivity index (χ2n) is 6.90. The molecule has 0 unspecified atom stereocenters. The maximum Gasteiger partial charge on any atom is 0.407 e. The average Bonchev–Trinajstić information content (AvgIpc) is 2.43. The molecule has 1 fully saturated rings. The van der Waals surface area contributed by atoms with Crippen molar-refractivity contribution >= 4 is 6.09 Å². The van der Waals surface area contributed by atoms with Crippen LogP contribution in [0.3, 0.4) is 0 Å². The van der Waals surface area contributed by atoms with Crippen LogP contribution in [0.1, 0.15) is 39.7 Å². The Bertz CT molecular complexity index is 704. The van der Waals surface area contributed by atoms with Crippen LogP contribution in [0.25, 0.3) is 0 Å². The summed E-state index contributed by atoms with van der Waals surface area (Å²) in [4.78, 5) is 36.9. The number of hydrogen-bond acceptors (Lipinski definition) is 6. The first-order chi connectivity index (χ1) is 11.1. The van der Waals surface area contributed by atoms with Gasteiger partial charge in [0.1, 0.15) is 17.8 Å². The summed E-state index contributed by atoms with van der Waals surface area (Å²) in [6.45, 7) is 5.16. The Labute approximate surface area is 138 Å². The average molecular weight is 341 g/mol. The van der Waals surface area contributed by atoms with E-state index in [1.807, 2.05) is 0 Å². The van der Waals surface area contributed by atoms with Crippen LogP contribution in [-0.2, 0) is 4.74 Å². The molecule has 0 spiro atoms. The summed E-state index contributed by atoms with van der Waals surface area (Å²) in [5.41, 5.74) is -1.86. The standard InChI is InChI=1S/C15H23N3O6/c1-15(2,3)24-14(23)16-8-4-5-9(12(21)11(8)20)18-7-6-10(19)17-13(18)22/h6-9,11-12,20-21H,4-5H2,1-3H3,(H,16,23)(H,17,19,22)/t8-,9-,11-,12+/m1/s1. The number of hydrogen-bond donors (Lipinski definition) is 4. The van der Waals surface area contributed by atoms with Crippen molar-refractivity contribution in [3.05, 3.63) is 33.1 Å². The second-order valence-corrected chi connectivity index (χ2v) is 6.90. The number of rotatable bonds is 2. The molecule has 1 aliphatic rings. The molecule has 2 rings (SSSR count). The number of nitrogens with one attached hydrogen (secondary N) is 2. The van der Waals surface area contributed by atoms with Gasteiger partial charge in [-0.05, 0) is 33.6 Å². The molecular formula is C15H23N3O6. The second kappa shape index (κ2) is 6.78. The molecule has 1 aromatic rings. The van der Waals surface area contributed by atoms with Crippen molar-refractivity contribution in [2.45, 2.75) is 63.5 Å². The summed E-state index contributed by atoms with van der Waals surface area (Å²) < 4.78 is 6.31. The SMILES string of the molecule is CC(C)(C)OC(=O)N[C@@H]1CC[C@@H](n2ccc(=O)[nH]c2=O)[C@H](O)[C@@H]1O. The minimum atomic E-state index is -1.28. The Morgan fingerprint density at radius 1 is 1.29 bits per heavy atom. The summed E-state index contributed by atoms with van der Waals surface area (Å²) in [6, 6.07) is -0.212. The largest absolute Gasteiger partial charge is 0.444 e. The first-order valence-electron chi connectivity index (χ1n) is 7.75. The van der Waals surface area contributed by atoms with E-state index in [0.717, 1.165) is 0 Å². The molecule has 1 aromatic heterocycles. The number of H-pyrrole nitrogens is 1. The van der Waals surface area contributed by atoms with Crippen molar-refractivity contribution in [3.8, 4) is 0 Å². The van der Waals surface area contributed by atoms with E-state index in [-0.39, 0.29) is 0 Å². The summed E-state index contributed by atoms with van der Waals surface area (Å²) in [5, 5.41) is 23.1. The topological polar surface area (TPSA) is 134 Å². The molecule has 0 saturated heterocycles. The van der Waals surface area contributed by atoms with E-state index in [1.165, 1.54) is 16.8 Å². The number of aliphatic hydroxyl groups is 2. The van der Waals surface area contributed by atoms with Gasteiger partial charge in [-0.15, -0.1) is 0 Å². The van der Waals surface area contributed by atoms with E-state index in [0.29, 0.717) is 12.8 Å². The highest BCUT2D eigenvalue weighted by Gasteiger charge is 2.39. The third-order valence-corrected chi connectivity index (χ3v) is 3.84. The van der Waals surface area contributed by atoms with Gasteiger partial charge in [0.05, 0.1) is 12.1 Å². The molecule has 0 radical (unpaired) electrons. The third-order valence-electron chi connectivity index (χ3n) is 3.84. The van der Waals surface area contributed by atoms with E-state index in [4.69, 9.17) is 4.74 Å². The molecule has 1 aliphatic carbocycles. The Morgan fingerprint density at radius 3 is 2.54 bits per heavy atom. The molecule has 24 heavy (non-hydrogen) atoms. The molecule has 1 amide bonds. The number of alkyl carbamates (subject to hydrolysis) is 1. The Balaban J connectivity index is 2.08. The molecule has 0 aliphatic heterocycles. The fourth-order valence-electron chi connectivity index (χ4n) is 2.77. The van der Waals surface area contributed by atoms with Gasteiger partial charge in [0, 0.05) is 12.3 Å². The monoisotopic (exact) mass is 341 g/mol. The van der Waals surface area contributed by atoms with Crippen LogP contribution in [0.5, 0.6) is 0 Å². The Kier molecular flexibility index (Phi) is 5.14. The molecule has 9 nitrogen and oxygen atoms in total. The number of aromatic nitrogens is 2. The third kappa shape index (κ3) is 4.24. The van der Waals surface area contributed by atoms with E-state index in [2.05, 4.69) is 10.3 Å². The summed E-state index contributed by atoms with van der Waals surface area (Å²) in [5.74, 6) is 0. The maximum absolute atomic E-state index is 11.8. The van der Waals surface area contributed by atoms with Gasteiger partial charge in [0.25, 0.3) is 5.56 Å². The lowest BCUT2D eigenvalue weighted by Gasteiger charge is -2.38. The van der Waals surface area contributed by atoms with Gasteiger partial charge in [0.15, 0.2) is 0 Å². The van der Waals surface area contributed by atoms with Gasteiger partial charge < -0.3 is 20.3 Å². The quantitative estimate of drug-likeness (QED) is 0.572. The summed E-state index contributed by atoms with van der Waals surface area (Å²) >= 11 is 0. The minimum absolute atomic E-state index is 0.338. The highest BCUT2D eigenvalue weighted by atomic mass is 16.6. The fraction of sp³-hybridized carbons (Fsp3) is 0.667. The van der Waals surface area contributed by atoms with Crippen molar-refractivity contribution in [2.24, 2.45) is 0 Å². The maximum atomic E-state index is 11.8. The predicted molar refractivity (Wildman–Crippen MR) is 84.8 cm³/mol. The Morgan fingerprint density at radius 2 is 1.96 bits per heavy atom. The molecule has 4 atom stereocenters. The van der Waals surface area contributed by atoms with Crippen molar-refractivity contribution in [1.29, 1.82) is 0 Å². The Hall–Kier alpha value is -2.13. The number of amides is 1. The van der Waals surface area contributed by atoms with E-state index < -0.39 is 47.2 Å². The van der Waals surface area contributed by atoms with Crippen LogP contribution >= 0.6 is 0 Å². The van der Waals surface area contributed by atoms with Crippen LogP contribution in [-0.4, -0.2) is 49.7 Å². The highest BCUT2D eigenvalue weighted by molar-refractivity contribution is 5.68. The zero-order chi connectivity index (χ0) is 18.1. The van der Waals surface area contributed by atoms with Crippen LogP contribution in [0.2, 0.25) is 0 Å². The molecule has 4 N–H and O–H groups in total. The summed E-state index contributed by atoms with van der Waals surface area (Å²) in [6.07, 6.45) is -1.27. The van der Waals surface area contributed by atoms with Crippen molar-refractivity contribution in [2.75, 3.05) is 0 Å². The molecule has 1 saturated carbocycles.